The highest BCUT2D eigenvalue weighted by Gasteiger charge is 2.48. The topological polar surface area (TPSA) is 126 Å². The Hall–Kier alpha value is -2.55. The van der Waals surface area contributed by atoms with Crippen molar-refractivity contribution in [1.29, 1.82) is 0 Å². The fourth-order valence-corrected chi connectivity index (χ4v) is 5.34. The van der Waals surface area contributed by atoms with Crippen LogP contribution in [0.1, 0.15) is 75.5 Å². The predicted octanol–water partition coefficient (Wildman–Crippen LogP) is 5.42. The zero-order valence-corrected chi connectivity index (χ0v) is 22.6. The zero-order valence-electron chi connectivity index (χ0n) is 21.0. The minimum absolute atomic E-state index is 0.0129. The van der Waals surface area contributed by atoms with Crippen LogP contribution in [0.2, 0.25) is 0 Å². The summed E-state index contributed by atoms with van der Waals surface area (Å²) in [6.45, 7) is 7.68. The molecule has 1 atom stereocenters. The lowest BCUT2D eigenvalue weighted by atomic mass is 9.72. The summed E-state index contributed by atoms with van der Waals surface area (Å²) in [6.07, 6.45) is 6.64. The second-order valence-corrected chi connectivity index (χ2v) is 11.8. The predicted molar refractivity (Wildman–Crippen MR) is 131 cm³/mol. The maximum atomic E-state index is 13.2. The summed E-state index contributed by atoms with van der Waals surface area (Å²) in [5.74, 6) is -0.655. The van der Waals surface area contributed by atoms with Gasteiger partial charge in [-0.2, -0.15) is 26.7 Å². The van der Waals surface area contributed by atoms with E-state index in [2.05, 4.69) is 25.3 Å². The summed E-state index contributed by atoms with van der Waals surface area (Å²) >= 11 is 0.816. The monoisotopic (exact) mass is 564 g/mol. The molecule has 3 rings (SSSR count). The number of nitrogens with zero attached hydrogens (tertiary/aromatic N) is 5. The lowest BCUT2D eigenvalue weighted by Crippen LogP contribution is -2.43. The molecule has 2 heterocycles. The van der Waals surface area contributed by atoms with Crippen molar-refractivity contribution in [2.24, 2.45) is 15.6 Å². The number of hydrogen-bond donors (Lipinski definition) is 1. The van der Waals surface area contributed by atoms with Gasteiger partial charge in [0.05, 0.1) is 18.0 Å². The summed E-state index contributed by atoms with van der Waals surface area (Å²) in [5.41, 5.74) is -5.43. The molecule has 1 aromatic rings. The van der Waals surface area contributed by atoms with Crippen molar-refractivity contribution in [1.82, 2.24) is 19.8 Å². The molecule has 206 valence electrons. The van der Waals surface area contributed by atoms with Crippen LogP contribution in [-0.2, 0) is 14.8 Å². The number of ether oxygens (including phenoxy) is 1. The van der Waals surface area contributed by atoms with Gasteiger partial charge in [0.1, 0.15) is 0 Å². The third kappa shape index (κ3) is 7.06. The zero-order chi connectivity index (χ0) is 27.3. The van der Waals surface area contributed by atoms with E-state index in [9.17, 15) is 26.4 Å². The van der Waals surface area contributed by atoms with Gasteiger partial charge in [-0.1, -0.05) is 44.9 Å². The first-order chi connectivity index (χ1) is 17.4. The average Bonchev–Trinajstić information content (AvgIpc) is 3.30. The van der Waals surface area contributed by atoms with Crippen LogP contribution < -0.4 is 4.72 Å². The van der Waals surface area contributed by atoms with Gasteiger partial charge in [-0.3, -0.25) is 4.72 Å². The Balaban J connectivity index is 1.95. The number of esters is 1. The van der Waals surface area contributed by atoms with Crippen LogP contribution in [0.15, 0.2) is 33.4 Å². The molecule has 0 amide bonds. The van der Waals surface area contributed by atoms with Gasteiger partial charge in [0.15, 0.2) is 0 Å². The Morgan fingerprint density at radius 2 is 1.97 bits per heavy atom. The van der Waals surface area contributed by atoms with Gasteiger partial charge < -0.3 is 9.64 Å². The van der Waals surface area contributed by atoms with Crippen molar-refractivity contribution in [2.45, 2.75) is 71.2 Å². The van der Waals surface area contributed by atoms with E-state index in [0.29, 0.717) is 6.42 Å². The molecular formula is C22H31F3N6O4S2. The first-order valence-electron chi connectivity index (χ1n) is 12.1. The molecule has 1 aliphatic carbocycles. The maximum Gasteiger partial charge on any atom is 0.516 e. The molecule has 1 saturated heterocycles. The Morgan fingerprint density at radius 1 is 1.24 bits per heavy atom. The molecule has 0 unspecified atom stereocenters. The Kier molecular flexibility index (Phi) is 9.32. The third-order valence-electron chi connectivity index (χ3n) is 6.17. The number of aromatic nitrogens is 2. The van der Waals surface area contributed by atoms with Gasteiger partial charge in [-0.15, -0.1) is 15.3 Å². The van der Waals surface area contributed by atoms with E-state index in [4.69, 9.17) is 4.74 Å². The van der Waals surface area contributed by atoms with E-state index in [1.807, 2.05) is 20.8 Å². The molecule has 0 aromatic carbocycles. The van der Waals surface area contributed by atoms with E-state index >= 15 is 0 Å². The van der Waals surface area contributed by atoms with Crippen LogP contribution in [0.5, 0.6) is 0 Å². The smallest absolute Gasteiger partial charge is 0.460 e. The van der Waals surface area contributed by atoms with E-state index in [1.54, 1.807) is 4.72 Å². The Bertz CT molecular complexity index is 1180. The van der Waals surface area contributed by atoms with Crippen molar-refractivity contribution in [3.63, 3.8) is 0 Å². The first-order valence-corrected chi connectivity index (χ1v) is 14.4. The van der Waals surface area contributed by atoms with Crippen LogP contribution in [0, 0.1) is 5.41 Å². The van der Waals surface area contributed by atoms with Gasteiger partial charge in [0, 0.05) is 30.6 Å². The number of halogens is 3. The van der Waals surface area contributed by atoms with Crippen molar-refractivity contribution >= 4 is 32.5 Å². The lowest BCUT2D eigenvalue weighted by Gasteiger charge is -2.46. The highest BCUT2D eigenvalue weighted by Crippen LogP contribution is 2.48. The molecule has 1 aromatic heterocycles. The molecule has 1 N–H and O–H groups in total. The minimum atomic E-state index is -5.68. The van der Waals surface area contributed by atoms with Crippen LogP contribution in [0.25, 0.3) is 0 Å². The van der Waals surface area contributed by atoms with Crippen LogP contribution in [-0.4, -0.2) is 54.7 Å². The number of sulfonamides is 1. The standard InChI is InChI=1S/C22H31F3N6O4S2/c1-4-6-10-31-11-8-9-21(3)14-16(15(13-17(21)31)30-37(33,34)22(23,24)25)26-28-20-29-27-18(36-20)19(32)35-12-7-5-2/h13,30H,4-12,14H2,1-3H3/t21-/m0/s1. The molecule has 1 fully saturated rings. The van der Waals surface area contributed by atoms with Gasteiger partial charge in [0.25, 0.3) is 5.13 Å². The largest absolute Gasteiger partial charge is 0.516 e. The first kappa shape index (κ1) is 29.0. The number of rotatable bonds is 11. The second-order valence-electron chi connectivity index (χ2n) is 9.20. The molecule has 0 saturated carbocycles. The summed E-state index contributed by atoms with van der Waals surface area (Å²) in [6, 6.07) is 0. The number of hydrogen-bond acceptors (Lipinski definition) is 10. The number of likely N-dealkylation sites (tertiary alicyclic amines) is 1. The van der Waals surface area contributed by atoms with E-state index in [0.717, 1.165) is 62.2 Å². The second kappa shape index (κ2) is 11.9. The number of alkyl halides is 3. The van der Waals surface area contributed by atoms with Gasteiger partial charge in [-0.05, 0) is 31.8 Å². The lowest BCUT2D eigenvalue weighted by molar-refractivity contribution is -0.0445. The van der Waals surface area contributed by atoms with E-state index in [-0.39, 0.29) is 34.6 Å². The molecule has 1 aliphatic heterocycles. The SMILES string of the molecule is CCCCOC(=O)c1nnc(N=NC2=C(NS(=O)(=O)C(F)(F)F)C=C3N(CCCC)CCC[C@@]3(C)C2)s1. The summed E-state index contributed by atoms with van der Waals surface area (Å²) in [7, 11) is -5.68. The fourth-order valence-electron chi connectivity index (χ4n) is 4.19. The number of nitrogens with one attached hydrogen (secondary N) is 1. The maximum absolute atomic E-state index is 13.2. The number of carbonyl (C=O) groups excluding carboxylic acids is 1. The van der Waals surface area contributed by atoms with Crippen molar-refractivity contribution in [3.05, 3.63) is 28.2 Å². The highest BCUT2D eigenvalue weighted by molar-refractivity contribution is 7.90. The Morgan fingerprint density at radius 3 is 2.65 bits per heavy atom. The summed E-state index contributed by atoms with van der Waals surface area (Å²) < 4.78 is 70.2. The number of fused-ring (bicyclic) bond motifs is 1. The van der Waals surface area contributed by atoms with Crippen LogP contribution in [0.4, 0.5) is 18.3 Å². The number of azo groups is 1. The molecule has 0 radical (unpaired) electrons. The summed E-state index contributed by atoms with van der Waals surface area (Å²) in [5, 5.41) is 15.5. The normalized spacial score (nSPS) is 20.7. The number of allylic oxidation sites excluding steroid dienone is 3. The molecule has 0 bridgehead atoms. The quantitative estimate of drug-likeness (QED) is 0.216. The number of carbonyl (C=O) groups is 1. The van der Waals surface area contributed by atoms with Crippen molar-refractivity contribution in [3.8, 4) is 0 Å². The summed E-state index contributed by atoms with van der Waals surface area (Å²) in [4.78, 5) is 14.2. The molecule has 0 spiro atoms. The number of unbranched alkanes of at least 4 members (excludes halogenated alkanes) is 2. The molecule has 2 aliphatic rings. The molecule has 10 nitrogen and oxygen atoms in total. The minimum Gasteiger partial charge on any atom is -0.460 e. The molecule has 15 heteroatoms. The molecule has 37 heavy (non-hydrogen) atoms. The third-order valence-corrected chi connectivity index (χ3v) is 8.06. The van der Waals surface area contributed by atoms with Crippen molar-refractivity contribution < 1.29 is 31.1 Å². The van der Waals surface area contributed by atoms with E-state index in [1.165, 1.54) is 6.08 Å². The molecular weight excluding hydrogens is 533 g/mol. The Labute approximate surface area is 218 Å². The van der Waals surface area contributed by atoms with Crippen molar-refractivity contribution in [2.75, 3.05) is 19.7 Å². The van der Waals surface area contributed by atoms with Gasteiger partial charge in [-0.25, -0.2) is 4.79 Å². The fraction of sp³-hybridized carbons (Fsp3) is 0.682. The van der Waals surface area contributed by atoms with Gasteiger partial charge in [0.2, 0.25) is 5.01 Å². The average molecular weight is 565 g/mol. The van der Waals surface area contributed by atoms with Crippen LogP contribution in [0.3, 0.4) is 0 Å². The van der Waals surface area contributed by atoms with Crippen LogP contribution >= 0.6 is 11.3 Å². The highest BCUT2D eigenvalue weighted by atomic mass is 32.2. The van der Waals surface area contributed by atoms with E-state index < -0.39 is 26.9 Å². The van der Waals surface area contributed by atoms with Gasteiger partial charge >= 0.3 is 21.5 Å². The number of piperidine rings is 1.